The Kier molecular flexibility index (Phi) is 6.06. The Bertz CT molecular complexity index is 847. The Morgan fingerprint density at radius 2 is 1.89 bits per heavy atom. The van der Waals surface area contributed by atoms with E-state index in [-0.39, 0.29) is 37.0 Å². The van der Waals surface area contributed by atoms with Crippen LogP contribution in [0.1, 0.15) is 46.6 Å². The van der Waals surface area contributed by atoms with Crippen molar-refractivity contribution in [2.24, 2.45) is 5.92 Å². The van der Waals surface area contributed by atoms with Crippen molar-refractivity contribution in [3.63, 3.8) is 0 Å². The van der Waals surface area contributed by atoms with Crippen LogP contribution in [0.2, 0.25) is 0 Å². The van der Waals surface area contributed by atoms with E-state index >= 15 is 0 Å². The van der Waals surface area contributed by atoms with Crippen LogP contribution in [0, 0.1) is 5.92 Å². The molecule has 0 bridgehead atoms. The largest absolute Gasteiger partial charge is 0.389 e. The maximum Gasteiger partial charge on any atom is 0.389 e. The van der Waals surface area contributed by atoms with E-state index in [0.29, 0.717) is 22.5 Å². The van der Waals surface area contributed by atoms with Crippen LogP contribution in [0.25, 0.3) is 0 Å². The van der Waals surface area contributed by atoms with Gasteiger partial charge in [-0.3, -0.25) is 19.6 Å². The first-order valence-electron chi connectivity index (χ1n) is 9.06. The van der Waals surface area contributed by atoms with Gasteiger partial charge >= 0.3 is 6.18 Å². The van der Waals surface area contributed by atoms with Gasteiger partial charge in [0, 0.05) is 54.6 Å². The van der Waals surface area contributed by atoms with Crippen molar-refractivity contribution in [2.45, 2.75) is 44.8 Å². The van der Waals surface area contributed by atoms with E-state index in [1.54, 1.807) is 18.2 Å². The lowest BCUT2D eigenvalue weighted by molar-refractivity contribution is -0.134. The Morgan fingerprint density at radius 1 is 1.11 bits per heavy atom. The molecule has 28 heavy (non-hydrogen) atoms. The molecule has 0 spiro atoms. The summed E-state index contributed by atoms with van der Waals surface area (Å²) in [5, 5.41) is 2.73. The van der Waals surface area contributed by atoms with E-state index in [9.17, 15) is 22.8 Å². The topological polar surface area (TPSA) is 72.0 Å². The van der Waals surface area contributed by atoms with E-state index in [2.05, 4.69) is 15.3 Å². The summed E-state index contributed by atoms with van der Waals surface area (Å²) in [7, 11) is 0. The van der Waals surface area contributed by atoms with Gasteiger partial charge in [-0.1, -0.05) is 6.07 Å². The van der Waals surface area contributed by atoms with Gasteiger partial charge in [-0.15, -0.1) is 0 Å². The van der Waals surface area contributed by atoms with Crippen LogP contribution in [-0.4, -0.2) is 27.8 Å². The molecule has 0 unspecified atom stereocenters. The van der Waals surface area contributed by atoms with Crippen LogP contribution >= 0.6 is 0 Å². The number of carbonyl (C=O) groups is 2. The molecule has 0 aromatic carbocycles. The van der Waals surface area contributed by atoms with Gasteiger partial charge in [0.05, 0.1) is 0 Å². The molecule has 1 aliphatic carbocycles. The molecule has 1 N–H and O–H groups in total. The number of amides is 1. The van der Waals surface area contributed by atoms with E-state index in [0.717, 1.165) is 12.8 Å². The molecule has 2 aromatic rings. The lowest BCUT2D eigenvalue weighted by Crippen LogP contribution is -2.23. The second-order valence-corrected chi connectivity index (χ2v) is 6.91. The molecule has 1 aliphatic rings. The number of carbonyl (C=O) groups excluding carboxylic acids is 2. The zero-order valence-corrected chi connectivity index (χ0v) is 15.1. The van der Waals surface area contributed by atoms with Gasteiger partial charge < -0.3 is 5.32 Å². The molecule has 5 nitrogen and oxygen atoms in total. The van der Waals surface area contributed by atoms with Crippen LogP contribution < -0.4 is 5.32 Å². The molecule has 0 radical (unpaired) electrons. The fourth-order valence-corrected chi connectivity index (χ4v) is 2.71. The van der Waals surface area contributed by atoms with Gasteiger partial charge in [-0.25, -0.2) is 0 Å². The highest BCUT2D eigenvalue weighted by Crippen LogP contribution is 2.30. The second-order valence-electron chi connectivity index (χ2n) is 6.91. The number of Topliss-reactive ketones (excluding diaryl/α,β-unsaturated/α-hetero) is 1. The summed E-state index contributed by atoms with van der Waals surface area (Å²) < 4.78 is 36.7. The number of nitrogens with zero attached hydrogens (tertiary/aromatic N) is 2. The number of rotatable bonds is 8. The minimum absolute atomic E-state index is 0.144. The summed E-state index contributed by atoms with van der Waals surface area (Å²) in [5.74, 6) is -0.0173. The highest BCUT2D eigenvalue weighted by Gasteiger charge is 2.29. The first kappa shape index (κ1) is 20.0. The standard InChI is InChI=1S/C20H20F3N3O2/c21-20(22,23)7-5-16-4-1-13(11-25-16)12-26-19(28)15-6-8-24-17(9-15)10-18(27)14-2-3-14/h1,4,6,8-9,11,14H,2-3,5,7,10,12H2,(H,26,28). The second kappa shape index (κ2) is 8.50. The van der Waals surface area contributed by atoms with E-state index < -0.39 is 12.6 Å². The molecule has 2 aromatic heterocycles. The summed E-state index contributed by atoms with van der Waals surface area (Å²) in [6.07, 6.45) is -0.237. The third-order valence-electron chi connectivity index (χ3n) is 4.47. The zero-order chi connectivity index (χ0) is 20.1. The zero-order valence-electron chi connectivity index (χ0n) is 15.1. The molecule has 148 valence electrons. The average Bonchev–Trinajstić information content (AvgIpc) is 3.50. The predicted molar refractivity (Wildman–Crippen MR) is 95.5 cm³/mol. The molecule has 0 aliphatic heterocycles. The van der Waals surface area contributed by atoms with Crippen molar-refractivity contribution < 1.29 is 22.8 Å². The van der Waals surface area contributed by atoms with Crippen LogP contribution in [0.15, 0.2) is 36.7 Å². The Balaban J connectivity index is 1.51. The summed E-state index contributed by atoms with van der Waals surface area (Å²) in [6, 6.07) is 6.35. The van der Waals surface area contributed by atoms with Crippen molar-refractivity contribution in [3.05, 3.63) is 59.2 Å². The molecule has 3 rings (SSSR count). The molecule has 8 heteroatoms. The molecule has 1 saturated carbocycles. The average molecular weight is 391 g/mol. The number of ketones is 1. The van der Waals surface area contributed by atoms with Crippen LogP contribution in [0.5, 0.6) is 0 Å². The van der Waals surface area contributed by atoms with Crippen LogP contribution in [-0.2, 0) is 24.2 Å². The summed E-state index contributed by atoms with van der Waals surface area (Å²) >= 11 is 0. The first-order valence-corrected chi connectivity index (χ1v) is 9.06. The van der Waals surface area contributed by atoms with E-state index in [4.69, 9.17) is 0 Å². The SMILES string of the molecule is O=C(NCc1ccc(CCC(F)(F)F)nc1)c1ccnc(CC(=O)C2CC2)c1. The van der Waals surface area contributed by atoms with Gasteiger partial charge in [0.2, 0.25) is 0 Å². The lowest BCUT2D eigenvalue weighted by atomic mass is 10.1. The lowest BCUT2D eigenvalue weighted by Gasteiger charge is -2.08. The number of aromatic nitrogens is 2. The maximum absolute atomic E-state index is 12.3. The number of halogens is 3. The minimum Gasteiger partial charge on any atom is -0.348 e. The predicted octanol–water partition coefficient (Wildman–Crippen LogP) is 3.42. The van der Waals surface area contributed by atoms with Gasteiger partial charge in [0.15, 0.2) is 0 Å². The van der Waals surface area contributed by atoms with Crippen molar-refractivity contribution in [3.8, 4) is 0 Å². The number of hydrogen-bond acceptors (Lipinski definition) is 4. The molecule has 2 heterocycles. The molecule has 1 amide bonds. The van der Waals surface area contributed by atoms with Crippen LogP contribution in [0.3, 0.4) is 0 Å². The summed E-state index contributed by atoms with van der Waals surface area (Å²) in [5.41, 5.74) is 2.01. The maximum atomic E-state index is 12.3. The monoisotopic (exact) mass is 391 g/mol. The smallest absolute Gasteiger partial charge is 0.348 e. The molecule has 0 atom stereocenters. The van der Waals surface area contributed by atoms with Gasteiger partial charge in [-0.05, 0) is 43.0 Å². The quantitative estimate of drug-likeness (QED) is 0.749. The number of hydrogen-bond donors (Lipinski definition) is 1. The molecular weight excluding hydrogens is 371 g/mol. The highest BCUT2D eigenvalue weighted by atomic mass is 19.4. The Labute approximate surface area is 160 Å². The highest BCUT2D eigenvalue weighted by molar-refractivity contribution is 5.94. The van der Waals surface area contributed by atoms with Crippen molar-refractivity contribution in [1.29, 1.82) is 0 Å². The van der Waals surface area contributed by atoms with E-state index in [1.807, 2.05) is 0 Å². The fraction of sp³-hybridized carbons (Fsp3) is 0.400. The summed E-state index contributed by atoms with van der Waals surface area (Å²) in [4.78, 5) is 32.3. The molecular formula is C20H20F3N3O2. The number of aryl methyl sites for hydroxylation is 1. The van der Waals surface area contributed by atoms with Crippen molar-refractivity contribution >= 4 is 11.7 Å². The first-order chi connectivity index (χ1) is 13.3. The normalized spacial score (nSPS) is 14.0. The van der Waals surface area contributed by atoms with Crippen molar-refractivity contribution in [1.82, 2.24) is 15.3 Å². The number of alkyl halides is 3. The summed E-state index contributed by atoms with van der Waals surface area (Å²) in [6.45, 7) is 0.198. The third kappa shape index (κ3) is 6.14. The Hall–Kier alpha value is -2.77. The Morgan fingerprint density at radius 3 is 2.54 bits per heavy atom. The minimum atomic E-state index is -4.21. The molecule has 0 saturated heterocycles. The fourth-order valence-electron chi connectivity index (χ4n) is 2.71. The third-order valence-corrected chi connectivity index (χ3v) is 4.47. The van der Waals surface area contributed by atoms with Gasteiger partial charge in [-0.2, -0.15) is 13.2 Å². The number of pyridine rings is 2. The number of nitrogens with one attached hydrogen (secondary N) is 1. The van der Waals surface area contributed by atoms with E-state index in [1.165, 1.54) is 18.5 Å². The van der Waals surface area contributed by atoms with Crippen molar-refractivity contribution in [2.75, 3.05) is 0 Å². The van der Waals surface area contributed by atoms with Crippen LogP contribution in [0.4, 0.5) is 13.2 Å². The van der Waals surface area contributed by atoms with Gasteiger partial charge in [0.1, 0.15) is 5.78 Å². The van der Waals surface area contributed by atoms with Gasteiger partial charge in [0.25, 0.3) is 5.91 Å². The molecule has 1 fully saturated rings.